The van der Waals surface area contributed by atoms with Crippen LogP contribution < -0.4 is 4.72 Å². The number of carbonyl (C=O) groups is 2. The highest BCUT2D eigenvalue weighted by Crippen LogP contribution is 2.23. The van der Waals surface area contributed by atoms with Crippen LogP contribution in [0.4, 0.5) is 4.79 Å². The lowest BCUT2D eigenvalue weighted by Gasteiger charge is -2.23. The van der Waals surface area contributed by atoms with Crippen molar-refractivity contribution in [3.8, 4) is 0 Å². The Morgan fingerprint density at radius 1 is 1.11 bits per heavy atom. The summed E-state index contributed by atoms with van der Waals surface area (Å²) in [6.07, 6.45) is -0.771. The van der Waals surface area contributed by atoms with E-state index >= 15 is 0 Å². The van der Waals surface area contributed by atoms with Gasteiger partial charge >= 0.3 is 6.09 Å². The first-order valence-electron chi connectivity index (χ1n) is 8.39. The lowest BCUT2D eigenvalue weighted by Crippen LogP contribution is -2.40. The molecule has 2 aromatic carbocycles. The summed E-state index contributed by atoms with van der Waals surface area (Å²) in [5, 5.41) is 0. The predicted molar refractivity (Wildman–Crippen MR) is 98.5 cm³/mol. The molecule has 0 aliphatic carbocycles. The molecule has 7 nitrogen and oxygen atoms in total. The molecule has 0 bridgehead atoms. The van der Waals surface area contributed by atoms with E-state index in [-0.39, 0.29) is 18.0 Å². The first-order chi connectivity index (χ1) is 12.8. The molecule has 3 rings (SSSR count). The van der Waals surface area contributed by atoms with Gasteiger partial charge in [0.15, 0.2) is 6.61 Å². The molecule has 1 fully saturated rings. The average molecular weight is 388 g/mol. The number of nitrogens with one attached hydrogen (secondary N) is 1. The number of ether oxygens (including phenoxy) is 1. The normalized spacial score (nSPS) is 15.7. The second kappa shape index (κ2) is 7.50. The van der Waals surface area contributed by atoms with E-state index in [4.69, 9.17) is 4.74 Å². The quantitative estimate of drug-likeness (QED) is 0.820. The third kappa shape index (κ3) is 4.17. The summed E-state index contributed by atoms with van der Waals surface area (Å²) in [5.41, 5.74) is 2.06. The van der Waals surface area contributed by atoms with Gasteiger partial charge in [-0.25, -0.2) is 22.8 Å². The molecule has 2 amide bonds. The number of imide groups is 1. The zero-order valence-electron chi connectivity index (χ0n) is 15.0. The van der Waals surface area contributed by atoms with E-state index in [1.165, 1.54) is 0 Å². The second-order valence-corrected chi connectivity index (χ2v) is 8.09. The van der Waals surface area contributed by atoms with Crippen molar-refractivity contribution in [1.29, 1.82) is 0 Å². The van der Waals surface area contributed by atoms with Gasteiger partial charge in [0.1, 0.15) is 0 Å². The third-order valence-electron chi connectivity index (χ3n) is 4.34. The van der Waals surface area contributed by atoms with E-state index in [9.17, 15) is 18.0 Å². The fraction of sp³-hybridized carbons (Fsp3) is 0.263. The molecule has 0 saturated carbocycles. The molecule has 27 heavy (non-hydrogen) atoms. The number of hydrogen-bond donors (Lipinski definition) is 1. The van der Waals surface area contributed by atoms with Crippen LogP contribution >= 0.6 is 0 Å². The Hall–Kier alpha value is -2.71. The number of carbonyl (C=O) groups excluding carboxylic acids is 2. The van der Waals surface area contributed by atoms with Crippen molar-refractivity contribution in [2.24, 2.45) is 0 Å². The zero-order chi connectivity index (χ0) is 19.6. The summed E-state index contributed by atoms with van der Waals surface area (Å²) in [7, 11) is -3.88. The minimum atomic E-state index is -3.88. The topological polar surface area (TPSA) is 92.8 Å². The lowest BCUT2D eigenvalue weighted by atomic mass is 10.1. The lowest BCUT2D eigenvalue weighted by molar-refractivity contribution is -0.126. The van der Waals surface area contributed by atoms with Gasteiger partial charge in [-0.05, 0) is 36.6 Å². The van der Waals surface area contributed by atoms with E-state index in [2.05, 4.69) is 4.72 Å². The summed E-state index contributed by atoms with van der Waals surface area (Å²) in [5.74, 6) is -0.494. The number of nitrogens with zero attached hydrogens (tertiary/aromatic N) is 1. The van der Waals surface area contributed by atoms with E-state index in [1.807, 2.05) is 13.0 Å². The number of sulfonamides is 1. The van der Waals surface area contributed by atoms with E-state index in [0.717, 1.165) is 10.5 Å². The molecule has 0 aromatic heterocycles. The number of cyclic esters (lactones) is 1. The molecule has 1 N–H and O–H groups in total. The van der Waals surface area contributed by atoms with Crippen LogP contribution in [0.5, 0.6) is 0 Å². The van der Waals surface area contributed by atoms with Crippen molar-refractivity contribution in [2.45, 2.75) is 24.8 Å². The molecule has 142 valence electrons. The SMILES string of the molecule is Cc1ccc(C)c(S(=O)(=O)NC(CN2C(=O)COC2=O)c2ccccc2)c1. The maximum atomic E-state index is 13.0. The predicted octanol–water partition coefficient (Wildman–Crippen LogP) is 2.30. The molecular weight excluding hydrogens is 368 g/mol. The summed E-state index contributed by atoms with van der Waals surface area (Å²) >= 11 is 0. The summed E-state index contributed by atoms with van der Waals surface area (Å²) < 4.78 is 33.3. The molecular formula is C19H20N2O5S. The minimum Gasteiger partial charge on any atom is -0.439 e. The Morgan fingerprint density at radius 2 is 1.81 bits per heavy atom. The van der Waals surface area contributed by atoms with Crippen molar-refractivity contribution in [1.82, 2.24) is 9.62 Å². The molecule has 0 radical (unpaired) electrons. The van der Waals surface area contributed by atoms with Crippen LogP contribution in [0, 0.1) is 13.8 Å². The van der Waals surface area contributed by atoms with E-state index in [1.54, 1.807) is 49.4 Å². The van der Waals surface area contributed by atoms with Crippen LogP contribution in [0.25, 0.3) is 0 Å². The first kappa shape index (κ1) is 19.1. The van der Waals surface area contributed by atoms with Gasteiger partial charge in [0, 0.05) is 0 Å². The number of hydrogen-bond acceptors (Lipinski definition) is 5. The second-order valence-electron chi connectivity index (χ2n) is 6.41. The van der Waals surface area contributed by atoms with E-state index < -0.39 is 28.1 Å². The van der Waals surface area contributed by atoms with Gasteiger partial charge in [-0.3, -0.25) is 4.79 Å². The standard InChI is InChI=1S/C19H20N2O5S/c1-13-8-9-14(2)17(10-13)27(24,25)20-16(15-6-4-3-5-7-15)11-21-18(22)12-26-19(21)23/h3-10,16,20H,11-12H2,1-2H3. The highest BCUT2D eigenvalue weighted by Gasteiger charge is 2.35. The van der Waals surface area contributed by atoms with Crippen LogP contribution in [0.2, 0.25) is 0 Å². The fourth-order valence-corrected chi connectivity index (χ4v) is 4.43. The Bertz CT molecular complexity index is 957. The van der Waals surface area contributed by atoms with Gasteiger partial charge in [-0.1, -0.05) is 42.5 Å². The molecule has 0 spiro atoms. The Kier molecular flexibility index (Phi) is 5.29. The van der Waals surface area contributed by atoms with Gasteiger partial charge in [0.25, 0.3) is 5.91 Å². The molecule has 2 aromatic rings. The summed E-state index contributed by atoms with van der Waals surface area (Å²) in [6, 6.07) is 13.2. The molecule has 1 aliphatic heterocycles. The van der Waals surface area contributed by atoms with Crippen LogP contribution in [0.15, 0.2) is 53.4 Å². The smallest absolute Gasteiger partial charge is 0.417 e. The van der Waals surface area contributed by atoms with Gasteiger partial charge in [0.05, 0.1) is 17.5 Å². The van der Waals surface area contributed by atoms with Crippen LogP contribution in [0.3, 0.4) is 0 Å². The maximum absolute atomic E-state index is 13.0. The molecule has 1 aliphatic rings. The third-order valence-corrected chi connectivity index (χ3v) is 5.95. The minimum absolute atomic E-state index is 0.147. The zero-order valence-corrected chi connectivity index (χ0v) is 15.8. The fourth-order valence-electron chi connectivity index (χ4n) is 2.88. The highest BCUT2D eigenvalue weighted by atomic mass is 32.2. The first-order valence-corrected chi connectivity index (χ1v) is 9.88. The van der Waals surface area contributed by atoms with Crippen molar-refractivity contribution in [2.75, 3.05) is 13.2 Å². The number of aryl methyl sites for hydroxylation is 2. The van der Waals surface area contributed by atoms with Gasteiger partial charge < -0.3 is 4.74 Å². The number of rotatable bonds is 6. The van der Waals surface area contributed by atoms with Crippen molar-refractivity contribution in [3.63, 3.8) is 0 Å². The van der Waals surface area contributed by atoms with Gasteiger partial charge in [-0.2, -0.15) is 0 Å². The van der Waals surface area contributed by atoms with Gasteiger partial charge in [0.2, 0.25) is 10.0 Å². The Balaban J connectivity index is 1.95. The van der Waals surface area contributed by atoms with Crippen LogP contribution in [-0.4, -0.2) is 38.5 Å². The van der Waals surface area contributed by atoms with Crippen molar-refractivity contribution >= 4 is 22.0 Å². The maximum Gasteiger partial charge on any atom is 0.417 e. The molecule has 1 saturated heterocycles. The average Bonchev–Trinajstić information content (AvgIpc) is 2.95. The molecule has 1 atom stereocenters. The molecule has 8 heteroatoms. The number of benzene rings is 2. The molecule has 1 unspecified atom stereocenters. The Morgan fingerprint density at radius 3 is 2.44 bits per heavy atom. The van der Waals surface area contributed by atoms with Crippen molar-refractivity contribution in [3.05, 3.63) is 65.2 Å². The van der Waals surface area contributed by atoms with Crippen LogP contribution in [-0.2, 0) is 19.6 Å². The van der Waals surface area contributed by atoms with E-state index in [0.29, 0.717) is 11.1 Å². The van der Waals surface area contributed by atoms with Crippen LogP contribution in [0.1, 0.15) is 22.7 Å². The van der Waals surface area contributed by atoms with Crippen molar-refractivity contribution < 1.29 is 22.7 Å². The summed E-state index contributed by atoms with van der Waals surface area (Å²) in [4.78, 5) is 24.8. The number of amides is 2. The Labute approximate surface area is 158 Å². The highest BCUT2D eigenvalue weighted by molar-refractivity contribution is 7.89. The van der Waals surface area contributed by atoms with Gasteiger partial charge in [-0.15, -0.1) is 0 Å². The molecule has 1 heterocycles. The largest absolute Gasteiger partial charge is 0.439 e. The monoisotopic (exact) mass is 388 g/mol. The summed E-state index contributed by atoms with van der Waals surface area (Å²) in [6.45, 7) is 3.05.